The van der Waals surface area contributed by atoms with Gasteiger partial charge in [0.1, 0.15) is 5.69 Å². The molecule has 0 aliphatic heterocycles. The molecule has 5 heteroatoms. The van der Waals surface area contributed by atoms with E-state index >= 15 is 0 Å². The topological polar surface area (TPSA) is 42.7 Å². The number of anilines is 1. The molecule has 86 valence electrons. The van der Waals surface area contributed by atoms with Crippen LogP contribution in [0.25, 0.3) is 11.4 Å². The van der Waals surface area contributed by atoms with E-state index in [4.69, 9.17) is 0 Å². The first-order valence-electron chi connectivity index (χ1n) is 5.34. The summed E-state index contributed by atoms with van der Waals surface area (Å²) in [6.07, 6.45) is 1.79. The van der Waals surface area contributed by atoms with E-state index in [1.54, 1.807) is 17.5 Å². The smallest absolute Gasteiger partial charge is 0.183 e. The normalized spacial score (nSPS) is 11.0. The van der Waals surface area contributed by atoms with E-state index in [1.807, 2.05) is 17.8 Å². The van der Waals surface area contributed by atoms with Crippen LogP contribution >= 0.6 is 11.3 Å². The zero-order valence-electron chi connectivity index (χ0n) is 9.77. The second-order valence-electron chi connectivity index (χ2n) is 4.15. The third kappa shape index (κ3) is 2.41. The minimum atomic E-state index is 0.629. The molecule has 0 fully saturated rings. The van der Waals surface area contributed by atoms with Gasteiger partial charge in [0.05, 0.1) is 5.69 Å². The van der Waals surface area contributed by atoms with E-state index in [0.29, 0.717) is 5.92 Å². The molecule has 2 heterocycles. The molecule has 0 saturated carbocycles. The molecule has 0 atom stereocenters. The molecule has 0 aromatic carbocycles. The molecule has 4 nitrogen and oxygen atoms in total. The largest absolute Gasteiger partial charge is 0.361 e. The van der Waals surface area contributed by atoms with Gasteiger partial charge in [0.2, 0.25) is 0 Å². The van der Waals surface area contributed by atoms with E-state index in [9.17, 15) is 0 Å². The number of aromatic nitrogens is 3. The number of nitrogens with one attached hydrogen (secondary N) is 1. The maximum Gasteiger partial charge on any atom is 0.183 e. The Kier molecular flexibility index (Phi) is 3.24. The van der Waals surface area contributed by atoms with Gasteiger partial charge in [0.25, 0.3) is 0 Å². The minimum Gasteiger partial charge on any atom is -0.361 e. The van der Waals surface area contributed by atoms with Crippen LogP contribution in [0, 0.1) is 5.92 Å². The maximum atomic E-state index is 4.53. The fourth-order valence-electron chi connectivity index (χ4n) is 1.39. The van der Waals surface area contributed by atoms with Gasteiger partial charge in [-0.05, 0) is 12.0 Å². The third-order valence-electron chi connectivity index (χ3n) is 2.25. The molecule has 1 N–H and O–H groups in total. The van der Waals surface area contributed by atoms with Crippen LogP contribution in [0.5, 0.6) is 0 Å². The molecule has 0 amide bonds. The van der Waals surface area contributed by atoms with Gasteiger partial charge >= 0.3 is 0 Å². The molecule has 0 unspecified atom stereocenters. The van der Waals surface area contributed by atoms with E-state index in [0.717, 1.165) is 23.1 Å². The SMILES string of the molecule is CC(C)CNc1nc(-c2ccnn2C)cs1. The van der Waals surface area contributed by atoms with Crippen LogP contribution in [0.1, 0.15) is 13.8 Å². The summed E-state index contributed by atoms with van der Waals surface area (Å²) in [5.41, 5.74) is 2.03. The van der Waals surface area contributed by atoms with Crippen molar-refractivity contribution in [2.24, 2.45) is 13.0 Å². The number of aryl methyl sites for hydroxylation is 1. The molecule has 16 heavy (non-hydrogen) atoms. The van der Waals surface area contributed by atoms with Crippen LogP contribution in [-0.4, -0.2) is 21.3 Å². The van der Waals surface area contributed by atoms with Crippen molar-refractivity contribution < 1.29 is 0 Å². The van der Waals surface area contributed by atoms with Crippen molar-refractivity contribution in [1.29, 1.82) is 0 Å². The molecule has 0 aliphatic rings. The average Bonchev–Trinajstić information content (AvgIpc) is 2.83. The summed E-state index contributed by atoms with van der Waals surface area (Å²) in [7, 11) is 1.93. The molecule has 2 rings (SSSR count). The van der Waals surface area contributed by atoms with Crippen LogP contribution in [-0.2, 0) is 7.05 Å². The van der Waals surface area contributed by atoms with Crippen molar-refractivity contribution in [2.75, 3.05) is 11.9 Å². The molecule has 0 saturated heterocycles. The van der Waals surface area contributed by atoms with Crippen LogP contribution in [0.2, 0.25) is 0 Å². The highest BCUT2D eigenvalue weighted by Gasteiger charge is 2.07. The molecular weight excluding hydrogens is 220 g/mol. The van der Waals surface area contributed by atoms with Gasteiger partial charge in [-0.25, -0.2) is 4.98 Å². The van der Waals surface area contributed by atoms with E-state index in [2.05, 4.69) is 34.6 Å². The lowest BCUT2D eigenvalue weighted by atomic mass is 10.2. The van der Waals surface area contributed by atoms with Crippen molar-refractivity contribution in [2.45, 2.75) is 13.8 Å². The Bertz CT molecular complexity index is 458. The molecular formula is C11H16N4S. The van der Waals surface area contributed by atoms with Crippen LogP contribution in [0.4, 0.5) is 5.13 Å². The summed E-state index contributed by atoms with van der Waals surface area (Å²) in [5, 5.41) is 10.5. The van der Waals surface area contributed by atoms with Crippen LogP contribution in [0.15, 0.2) is 17.6 Å². The number of hydrogen-bond donors (Lipinski definition) is 1. The lowest BCUT2D eigenvalue weighted by molar-refractivity contribution is 0.688. The Morgan fingerprint density at radius 3 is 2.94 bits per heavy atom. The predicted molar refractivity (Wildman–Crippen MR) is 67.6 cm³/mol. The first kappa shape index (κ1) is 11.1. The number of nitrogens with zero attached hydrogens (tertiary/aromatic N) is 3. The first-order chi connectivity index (χ1) is 7.66. The van der Waals surface area contributed by atoms with Gasteiger partial charge in [0.15, 0.2) is 5.13 Å². The Morgan fingerprint density at radius 2 is 2.31 bits per heavy atom. The Balaban J connectivity index is 2.11. The highest BCUT2D eigenvalue weighted by atomic mass is 32.1. The van der Waals surface area contributed by atoms with E-state index < -0.39 is 0 Å². The van der Waals surface area contributed by atoms with Gasteiger partial charge in [-0.3, -0.25) is 4.68 Å². The quantitative estimate of drug-likeness (QED) is 0.887. The van der Waals surface area contributed by atoms with Gasteiger partial charge in [-0.15, -0.1) is 11.3 Å². The van der Waals surface area contributed by atoms with Crippen molar-refractivity contribution in [3.05, 3.63) is 17.6 Å². The van der Waals surface area contributed by atoms with Gasteiger partial charge < -0.3 is 5.32 Å². The zero-order chi connectivity index (χ0) is 11.5. The lowest BCUT2D eigenvalue weighted by Gasteiger charge is -2.04. The van der Waals surface area contributed by atoms with E-state index in [1.165, 1.54) is 0 Å². The molecule has 0 aliphatic carbocycles. The van der Waals surface area contributed by atoms with Gasteiger partial charge in [-0.1, -0.05) is 13.8 Å². The number of rotatable bonds is 4. The zero-order valence-corrected chi connectivity index (χ0v) is 10.6. The number of hydrogen-bond acceptors (Lipinski definition) is 4. The summed E-state index contributed by atoms with van der Waals surface area (Å²) in [6.45, 7) is 5.32. The average molecular weight is 236 g/mol. The summed E-state index contributed by atoms with van der Waals surface area (Å²) in [6, 6.07) is 1.97. The van der Waals surface area contributed by atoms with Crippen LogP contribution < -0.4 is 5.32 Å². The first-order valence-corrected chi connectivity index (χ1v) is 6.22. The second-order valence-corrected chi connectivity index (χ2v) is 5.01. The summed E-state index contributed by atoms with van der Waals surface area (Å²) in [5.74, 6) is 0.629. The van der Waals surface area contributed by atoms with Crippen molar-refractivity contribution in [1.82, 2.24) is 14.8 Å². The Labute approximate surface area is 99.3 Å². The molecule has 2 aromatic heterocycles. The predicted octanol–water partition coefficient (Wildman–Crippen LogP) is 2.61. The maximum absolute atomic E-state index is 4.53. The fourth-order valence-corrected chi connectivity index (χ4v) is 2.10. The highest BCUT2D eigenvalue weighted by Crippen LogP contribution is 2.24. The van der Waals surface area contributed by atoms with Crippen molar-refractivity contribution >= 4 is 16.5 Å². The summed E-state index contributed by atoms with van der Waals surface area (Å²) < 4.78 is 1.83. The van der Waals surface area contributed by atoms with Gasteiger partial charge in [-0.2, -0.15) is 5.10 Å². The Morgan fingerprint density at radius 1 is 1.50 bits per heavy atom. The monoisotopic (exact) mass is 236 g/mol. The Hall–Kier alpha value is -1.36. The van der Waals surface area contributed by atoms with Crippen LogP contribution in [0.3, 0.4) is 0 Å². The third-order valence-corrected chi connectivity index (χ3v) is 3.05. The molecule has 0 radical (unpaired) electrons. The van der Waals surface area contributed by atoms with Crippen molar-refractivity contribution in [3.8, 4) is 11.4 Å². The minimum absolute atomic E-state index is 0.629. The number of thiazole rings is 1. The van der Waals surface area contributed by atoms with Gasteiger partial charge in [0, 0.05) is 25.2 Å². The standard InChI is InChI=1S/C11H16N4S/c1-8(2)6-12-11-14-9(7-16-11)10-4-5-13-15(10)3/h4-5,7-8H,6H2,1-3H3,(H,12,14). The van der Waals surface area contributed by atoms with Crippen molar-refractivity contribution in [3.63, 3.8) is 0 Å². The lowest BCUT2D eigenvalue weighted by Crippen LogP contribution is -2.07. The molecule has 0 bridgehead atoms. The van der Waals surface area contributed by atoms with E-state index in [-0.39, 0.29) is 0 Å². The highest BCUT2D eigenvalue weighted by molar-refractivity contribution is 7.14. The second kappa shape index (κ2) is 4.65. The molecule has 0 spiro atoms. The summed E-state index contributed by atoms with van der Waals surface area (Å²) >= 11 is 1.64. The summed E-state index contributed by atoms with van der Waals surface area (Å²) in [4.78, 5) is 4.53. The molecule has 2 aromatic rings. The fraction of sp³-hybridized carbons (Fsp3) is 0.455.